The summed E-state index contributed by atoms with van der Waals surface area (Å²) in [5.74, 6) is -1.30. The Kier molecular flexibility index (Phi) is 4.20. The predicted molar refractivity (Wildman–Crippen MR) is 51.3 cm³/mol. The standard InChI is InChI=1S/C10H12FNO3/c11-8-4-2-1-3-7(8)6-15-10(14)9(13)5-12/h1-4,9,13H,5-6,12H2/t9-/m0/s1. The Hall–Kier alpha value is -1.46. The van der Waals surface area contributed by atoms with Gasteiger partial charge in [0.2, 0.25) is 0 Å². The molecule has 1 aromatic rings. The Labute approximate surface area is 86.5 Å². The first-order valence-corrected chi connectivity index (χ1v) is 4.43. The maximum Gasteiger partial charge on any atom is 0.336 e. The minimum absolute atomic E-state index is 0.206. The Morgan fingerprint density at radius 3 is 2.80 bits per heavy atom. The Morgan fingerprint density at radius 2 is 2.20 bits per heavy atom. The molecule has 0 radical (unpaired) electrons. The number of rotatable bonds is 4. The first-order valence-electron chi connectivity index (χ1n) is 4.43. The number of carbonyl (C=O) groups excluding carboxylic acids is 1. The van der Waals surface area contributed by atoms with Gasteiger partial charge in [-0.1, -0.05) is 18.2 Å². The largest absolute Gasteiger partial charge is 0.459 e. The van der Waals surface area contributed by atoms with Crippen molar-refractivity contribution < 1.29 is 19.0 Å². The monoisotopic (exact) mass is 213 g/mol. The molecule has 0 fully saturated rings. The van der Waals surface area contributed by atoms with E-state index in [1.807, 2.05) is 0 Å². The fraction of sp³-hybridized carbons (Fsp3) is 0.300. The second-order valence-corrected chi connectivity index (χ2v) is 2.95. The molecule has 1 rings (SSSR count). The summed E-state index contributed by atoms with van der Waals surface area (Å²) in [4.78, 5) is 11.0. The molecule has 1 atom stereocenters. The first-order chi connectivity index (χ1) is 7.15. The number of hydrogen-bond acceptors (Lipinski definition) is 4. The maximum atomic E-state index is 13.0. The van der Waals surface area contributed by atoms with Crippen molar-refractivity contribution in [2.24, 2.45) is 5.73 Å². The van der Waals surface area contributed by atoms with E-state index in [1.54, 1.807) is 6.07 Å². The quantitative estimate of drug-likeness (QED) is 0.700. The Morgan fingerprint density at radius 1 is 1.53 bits per heavy atom. The van der Waals surface area contributed by atoms with E-state index in [0.717, 1.165) is 0 Å². The summed E-state index contributed by atoms with van der Waals surface area (Å²) in [5.41, 5.74) is 5.31. The number of halogens is 1. The second kappa shape index (κ2) is 5.43. The highest BCUT2D eigenvalue weighted by Gasteiger charge is 2.14. The number of carbonyl (C=O) groups is 1. The van der Waals surface area contributed by atoms with Crippen LogP contribution >= 0.6 is 0 Å². The van der Waals surface area contributed by atoms with Gasteiger partial charge in [-0.3, -0.25) is 0 Å². The molecule has 0 saturated heterocycles. The second-order valence-electron chi connectivity index (χ2n) is 2.95. The molecular weight excluding hydrogens is 201 g/mol. The Bertz CT molecular complexity index is 343. The lowest BCUT2D eigenvalue weighted by atomic mass is 10.2. The van der Waals surface area contributed by atoms with Crippen LogP contribution in [0.25, 0.3) is 0 Å². The zero-order valence-corrected chi connectivity index (χ0v) is 8.02. The van der Waals surface area contributed by atoms with Gasteiger partial charge in [-0.25, -0.2) is 9.18 Å². The van der Waals surface area contributed by atoms with Crippen LogP contribution in [-0.4, -0.2) is 23.7 Å². The summed E-state index contributed by atoms with van der Waals surface area (Å²) in [7, 11) is 0. The van der Waals surface area contributed by atoms with Crippen LogP contribution in [0.3, 0.4) is 0 Å². The van der Waals surface area contributed by atoms with Crippen LogP contribution in [0.2, 0.25) is 0 Å². The van der Waals surface area contributed by atoms with Gasteiger partial charge < -0.3 is 15.6 Å². The summed E-state index contributed by atoms with van der Waals surface area (Å²) < 4.78 is 17.7. The average molecular weight is 213 g/mol. The number of benzene rings is 1. The lowest BCUT2D eigenvalue weighted by molar-refractivity contribution is -0.154. The van der Waals surface area contributed by atoms with Gasteiger partial charge in [0, 0.05) is 12.1 Å². The van der Waals surface area contributed by atoms with E-state index < -0.39 is 17.9 Å². The highest BCUT2D eigenvalue weighted by Crippen LogP contribution is 2.07. The van der Waals surface area contributed by atoms with Crippen molar-refractivity contribution in [1.29, 1.82) is 0 Å². The third kappa shape index (κ3) is 3.30. The number of nitrogens with two attached hydrogens (primary N) is 1. The maximum absolute atomic E-state index is 13.0. The summed E-state index contributed by atoms with van der Waals surface area (Å²) in [6.45, 7) is -0.418. The van der Waals surface area contributed by atoms with Crippen molar-refractivity contribution in [2.75, 3.05) is 6.54 Å². The van der Waals surface area contributed by atoms with Crippen LogP contribution in [0, 0.1) is 5.82 Å². The summed E-state index contributed by atoms with van der Waals surface area (Å²) >= 11 is 0. The molecule has 15 heavy (non-hydrogen) atoms. The lowest BCUT2D eigenvalue weighted by Gasteiger charge is -2.08. The van der Waals surface area contributed by atoms with Crippen LogP contribution in [0.4, 0.5) is 4.39 Å². The van der Waals surface area contributed by atoms with Gasteiger partial charge in [0.1, 0.15) is 12.4 Å². The van der Waals surface area contributed by atoms with Crippen LogP contribution in [0.15, 0.2) is 24.3 Å². The fourth-order valence-electron chi connectivity index (χ4n) is 0.957. The molecular formula is C10H12FNO3. The van der Waals surface area contributed by atoms with Crippen molar-refractivity contribution >= 4 is 5.97 Å². The molecule has 0 bridgehead atoms. The molecule has 5 heteroatoms. The molecule has 0 aromatic heterocycles. The SMILES string of the molecule is NC[C@H](O)C(=O)OCc1ccccc1F. The number of esters is 1. The van der Waals surface area contributed by atoms with Crippen molar-refractivity contribution in [1.82, 2.24) is 0 Å². The van der Waals surface area contributed by atoms with Crippen molar-refractivity contribution in [3.8, 4) is 0 Å². The van der Waals surface area contributed by atoms with Crippen LogP contribution in [0.5, 0.6) is 0 Å². The minimum Gasteiger partial charge on any atom is -0.459 e. The van der Waals surface area contributed by atoms with Crippen molar-refractivity contribution in [2.45, 2.75) is 12.7 Å². The van der Waals surface area contributed by atoms with Crippen molar-refractivity contribution in [3.63, 3.8) is 0 Å². The van der Waals surface area contributed by atoms with Gasteiger partial charge >= 0.3 is 5.97 Å². The van der Waals surface area contributed by atoms with E-state index in [0.29, 0.717) is 0 Å². The molecule has 3 N–H and O–H groups in total. The summed E-state index contributed by atoms with van der Waals surface area (Å²) in [6.07, 6.45) is -1.35. The van der Waals surface area contributed by atoms with E-state index in [9.17, 15) is 9.18 Å². The molecule has 0 aliphatic carbocycles. The molecule has 1 aromatic carbocycles. The van der Waals surface area contributed by atoms with E-state index in [2.05, 4.69) is 4.74 Å². The molecule has 4 nitrogen and oxygen atoms in total. The zero-order valence-electron chi connectivity index (χ0n) is 8.02. The van der Waals surface area contributed by atoms with E-state index in [4.69, 9.17) is 10.8 Å². The van der Waals surface area contributed by atoms with Gasteiger partial charge in [-0.2, -0.15) is 0 Å². The number of aliphatic hydroxyl groups excluding tert-OH is 1. The van der Waals surface area contributed by atoms with Gasteiger partial charge in [0.05, 0.1) is 0 Å². The van der Waals surface area contributed by atoms with Crippen LogP contribution < -0.4 is 5.73 Å². The first kappa shape index (κ1) is 11.6. The van der Waals surface area contributed by atoms with Gasteiger partial charge in [0.15, 0.2) is 6.10 Å². The van der Waals surface area contributed by atoms with E-state index in [-0.39, 0.29) is 18.7 Å². The average Bonchev–Trinajstić information content (AvgIpc) is 2.26. The number of ether oxygens (including phenoxy) is 1. The lowest BCUT2D eigenvalue weighted by Crippen LogP contribution is -2.30. The normalized spacial score (nSPS) is 12.2. The fourth-order valence-corrected chi connectivity index (χ4v) is 0.957. The molecule has 0 aliphatic heterocycles. The third-order valence-corrected chi connectivity index (χ3v) is 1.82. The molecule has 0 amide bonds. The topological polar surface area (TPSA) is 72.5 Å². The number of hydrogen-bond donors (Lipinski definition) is 2. The summed E-state index contributed by atoms with van der Waals surface area (Å²) in [5, 5.41) is 8.98. The van der Waals surface area contributed by atoms with Crippen LogP contribution in [-0.2, 0) is 16.1 Å². The molecule has 82 valence electrons. The zero-order chi connectivity index (χ0) is 11.3. The highest BCUT2D eigenvalue weighted by atomic mass is 19.1. The highest BCUT2D eigenvalue weighted by molar-refractivity contribution is 5.74. The number of aliphatic hydroxyl groups is 1. The van der Waals surface area contributed by atoms with E-state index in [1.165, 1.54) is 18.2 Å². The van der Waals surface area contributed by atoms with Crippen molar-refractivity contribution in [3.05, 3.63) is 35.6 Å². The minimum atomic E-state index is -1.35. The van der Waals surface area contributed by atoms with Gasteiger partial charge in [-0.05, 0) is 6.07 Å². The molecule has 0 saturated carbocycles. The van der Waals surface area contributed by atoms with Crippen LogP contribution in [0.1, 0.15) is 5.56 Å². The van der Waals surface area contributed by atoms with E-state index >= 15 is 0 Å². The molecule has 0 heterocycles. The molecule has 0 unspecified atom stereocenters. The smallest absolute Gasteiger partial charge is 0.336 e. The molecule has 0 spiro atoms. The molecule has 0 aliphatic rings. The van der Waals surface area contributed by atoms with Gasteiger partial charge in [-0.15, -0.1) is 0 Å². The predicted octanol–water partition coefficient (Wildman–Crippen LogP) is 0.188. The van der Waals surface area contributed by atoms with Gasteiger partial charge in [0.25, 0.3) is 0 Å². The Balaban J connectivity index is 2.51. The summed E-state index contributed by atoms with van der Waals surface area (Å²) in [6, 6.07) is 5.93. The third-order valence-electron chi connectivity index (χ3n) is 1.82.